The zero-order chi connectivity index (χ0) is 19.7. The second-order valence-electron chi connectivity index (χ2n) is 10.9. The van der Waals surface area contributed by atoms with Crippen LogP contribution in [0.3, 0.4) is 0 Å². The summed E-state index contributed by atoms with van der Waals surface area (Å²) in [7, 11) is 1.84. The minimum Gasteiger partial charge on any atom is -0.393 e. The zero-order valence-electron chi connectivity index (χ0n) is 18.1. The Morgan fingerprint density at radius 1 is 1.11 bits per heavy atom. The highest BCUT2D eigenvalue weighted by atomic mass is 16.7. The van der Waals surface area contributed by atoms with Gasteiger partial charge >= 0.3 is 0 Å². The molecule has 0 spiro atoms. The van der Waals surface area contributed by atoms with Crippen LogP contribution >= 0.6 is 0 Å². The Bertz CT molecular complexity index is 653. The number of rotatable bonds is 2. The average molecular weight is 391 g/mol. The van der Waals surface area contributed by atoms with Crippen molar-refractivity contribution in [3.63, 3.8) is 0 Å². The zero-order valence-corrected chi connectivity index (χ0v) is 18.1. The molecule has 1 heterocycles. The van der Waals surface area contributed by atoms with Gasteiger partial charge in [0.1, 0.15) is 0 Å². The fourth-order valence-electron chi connectivity index (χ4n) is 8.55. The van der Waals surface area contributed by atoms with Gasteiger partial charge in [-0.25, -0.2) is 0 Å². The summed E-state index contributed by atoms with van der Waals surface area (Å²) in [6.07, 6.45) is 10.4. The van der Waals surface area contributed by atoms with E-state index in [1.54, 1.807) is 5.57 Å². The number of hydrogen-bond donors (Lipinski definition) is 1. The molecule has 0 aromatic heterocycles. The molecule has 0 bridgehead atoms. The monoisotopic (exact) mass is 390 g/mol. The van der Waals surface area contributed by atoms with Gasteiger partial charge in [-0.3, -0.25) is 0 Å². The second-order valence-corrected chi connectivity index (χ2v) is 10.9. The first-order valence-electron chi connectivity index (χ1n) is 11.5. The van der Waals surface area contributed by atoms with E-state index in [9.17, 15) is 5.11 Å². The quantitative estimate of drug-likeness (QED) is 0.714. The van der Waals surface area contributed by atoms with E-state index in [0.717, 1.165) is 38.5 Å². The molecule has 1 N–H and O–H groups in total. The molecule has 1 saturated heterocycles. The Kier molecular flexibility index (Phi) is 4.56. The average Bonchev–Trinajstić information content (AvgIpc) is 3.24. The van der Waals surface area contributed by atoms with Crippen molar-refractivity contribution >= 4 is 0 Å². The van der Waals surface area contributed by atoms with Crippen molar-refractivity contribution in [2.24, 2.45) is 34.5 Å². The third-order valence-corrected chi connectivity index (χ3v) is 9.82. The maximum absolute atomic E-state index is 11.5. The predicted molar refractivity (Wildman–Crippen MR) is 108 cm³/mol. The standard InChI is InChI=1S/C24H38O4/c1-22-10-9-16(26-4)13-15(22)5-6-17-18-7-8-20(24(3)27-11-12-28-24)23(18,2)14-19(25)21(17)22/h5,16-21,25H,6-14H2,1-4H3/t16-,17?,18?,19-,20?,21?,22?,23?/m0/s1. The molecular weight excluding hydrogens is 352 g/mol. The van der Waals surface area contributed by atoms with Gasteiger partial charge in [-0.1, -0.05) is 25.5 Å². The molecule has 6 unspecified atom stereocenters. The lowest BCUT2D eigenvalue weighted by Crippen LogP contribution is -2.58. The van der Waals surface area contributed by atoms with Crippen molar-refractivity contribution in [1.29, 1.82) is 0 Å². The molecule has 4 heteroatoms. The first kappa shape index (κ1) is 19.5. The van der Waals surface area contributed by atoms with E-state index in [1.165, 1.54) is 6.42 Å². The fourth-order valence-corrected chi connectivity index (χ4v) is 8.55. The molecule has 28 heavy (non-hydrogen) atoms. The Labute approximate surface area is 170 Å². The van der Waals surface area contributed by atoms with E-state index in [1.807, 2.05) is 7.11 Å². The van der Waals surface area contributed by atoms with Gasteiger partial charge < -0.3 is 19.3 Å². The highest BCUT2D eigenvalue weighted by Crippen LogP contribution is 2.68. The van der Waals surface area contributed by atoms with Crippen molar-refractivity contribution < 1.29 is 19.3 Å². The Morgan fingerprint density at radius 3 is 2.57 bits per heavy atom. The summed E-state index contributed by atoms with van der Waals surface area (Å²) in [4.78, 5) is 0. The molecule has 5 aliphatic rings. The molecule has 0 aromatic carbocycles. The van der Waals surface area contributed by atoms with Crippen molar-refractivity contribution in [2.75, 3.05) is 20.3 Å². The van der Waals surface area contributed by atoms with Crippen LogP contribution in [-0.2, 0) is 14.2 Å². The lowest BCUT2D eigenvalue weighted by molar-refractivity contribution is -0.223. The number of ether oxygens (including phenoxy) is 3. The third kappa shape index (κ3) is 2.57. The van der Waals surface area contributed by atoms with Gasteiger partial charge in [-0.05, 0) is 80.5 Å². The molecule has 8 atom stereocenters. The van der Waals surface area contributed by atoms with Gasteiger partial charge in [0, 0.05) is 13.0 Å². The normalized spacial score (nSPS) is 52.5. The van der Waals surface area contributed by atoms with Crippen LogP contribution in [0.15, 0.2) is 11.6 Å². The van der Waals surface area contributed by atoms with Gasteiger partial charge in [-0.2, -0.15) is 0 Å². The van der Waals surface area contributed by atoms with Crippen LogP contribution in [0.5, 0.6) is 0 Å². The summed E-state index contributed by atoms with van der Waals surface area (Å²) < 4.78 is 17.9. The lowest BCUT2D eigenvalue weighted by atomic mass is 9.46. The Balaban J connectivity index is 1.47. The van der Waals surface area contributed by atoms with Crippen molar-refractivity contribution in [1.82, 2.24) is 0 Å². The minimum absolute atomic E-state index is 0.102. The van der Waals surface area contributed by atoms with Gasteiger partial charge in [0.05, 0.1) is 25.4 Å². The lowest BCUT2D eigenvalue weighted by Gasteiger charge is -2.60. The molecule has 0 aromatic rings. The summed E-state index contributed by atoms with van der Waals surface area (Å²) >= 11 is 0. The molecule has 3 saturated carbocycles. The smallest absolute Gasteiger partial charge is 0.169 e. The number of aliphatic hydroxyl groups excluding tert-OH is 1. The number of hydrogen-bond acceptors (Lipinski definition) is 4. The minimum atomic E-state index is -0.466. The molecule has 0 radical (unpaired) electrons. The summed E-state index contributed by atoms with van der Waals surface area (Å²) in [6, 6.07) is 0. The summed E-state index contributed by atoms with van der Waals surface area (Å²) in [5, 5.41) is 11.5. The van der Waals surface area contributed by atoms with E-state index >= 15 is 0 Å². The highest BCUT2D eigenvalue weighted by molar-refractivity contribution is 5.27. The van der Waals surface area contributed by atoms with Crippen molar-refractivity contribution in [3.8, 4) is 0 Å². The molecule has 4 fully saturated rings. The van der Waals surface area contributed by atoms with Crippen molar-refractivity contribution in [3.05, 3.63) is 11.6 Å². The highest BCUT2D eigenvalue weighted by Gasteiger charge is 2.65. The largest absolute Gasteiger partial charge is 0.393 e. The van der Waals surface area contributed by atoms with Crippen molar-refractivity contribution in [2.45, 2.75) is 83.7 Å². The molecule has 0 amide bonds. The summed E-state index contributed by atoms with van der Waals surface area (Å²) in [5.74, 6) is 1.54. The van der Waals surface area contributed by atoms with Crippen LogP contribution in [0.25, 0.3) is 0 Å². The van der Waals surface area contributed by atoms with Gasteiger partial charge in [0.2, 0.25) is 0 Å². The van der Waals surface area contributed by atoms with Crippen LogP contribution in [0.1, 0.15) is 65.7 Å². The van der Waals surface area contributed by atoms with Crippen LogP contribution in [0, 0.1) is 34.5 Å². The summed E-state index contributed by atoms with van der Waals surface area (Å²) in [5.41, 5.74) is 1.80. The first-order chi connectivity index (χ1) is 13.3. The number of methoxy groups -OCH3 is 1. The predicted octanol–water partition coefficient (Wildman–Crippen LogP) is 4.31. The number of aliphatic hydroxyl groups is 1. The summed E-state index contributed by atoms with van der Waals surface area (Å²) in [6.45, 7) is 8.40. The third-order valence-electron chi connectivity index (χ3n) is 9.82. The van der Waals surface area contributed by atoms with Gasteiger partial charge in [0.15, 0.2) is 5.79 Å². The van der Waals surface area contributed by atoms with E-state index in [4.69, 9.17) is 14.2 Å². The van der Waals surface area contributed by atoms with Crippen LogP contribution in [-0.4, -0.2) is 43.4 Å². The maximum atomic E-state index is 11.5. The molecule has 158 valence electrons. The van der Waals surface area contributed by atoms with Crippen LogP contribution < -0.4 is 0 Å². The molecular formula is C24H38O4. The van der Waals surface area contributed by atoms with Crippen LogP contribution in [0.2, 0.25) is 0 Å². The maximum Gasteiger partial charge on any atom is 0.169 e. The van der Waals surface area contributed by atoms with E-state index in [0.29, 0.717) is 43.0 Å². The SMILES string of the molecule is CO[C@H]1CCC2(C)C(=CCC3C2[C@@H](O)CC2(C)C3CCC2C2(C)OCCO2)C1. The Hall–Kier alpha value is -0.420. The fraction of sp³-hybridized carbons (Fsp3) is 0.917. The number of fused-ring (bicyclic) bond motifs is 5. The van der Waals surface area contributed by atoms with Crippen LogP contribution in [0.4, 0.5) is 0 Å². The van der Waals surface area contributed by atoms with Gasteiger partial charge in [0.25, 0.3) is 0 Å². The van der Waals surface area contributed by atoms with E-state index in [2.05, 4.69) is 26.8 Å². The second kappa shape index (κ2) is 6.54. The molecule has 4 aliphatic carbocycles. The van der Waals surface area contributed by atoms with E-state index in [-0.39, 0.29) is 16.9 Å². The molecule has 1 aliphatic heterocycles. The molecule has 5 rings (SSSR count). The Morgan fingerprint density at radius 2 is 1.86 bits per heavy atom. The van der Waals surface area contributed by atoms with E-state index < -0.39 is 5.79 Å². The first-order valence-corrected chi connectivity index (χ1v) is 11.5. The van der Waals surface area contributed by atoms with Gasteiger partial charge in [-0.15, -0.1) is 0 Å². The number of allylic oxidation sites excluding steroid dienone is 1. The molecule has 4 nitrogen and oxygen atoms in total. The topological polar surface area (TPSA) is 47.9 Å².